The van der Waals surface area contributed by atoms with Crippen LogP contribution in [0.4, 0.5) is 0 Å². The lowest BCUT2D eigenvalue weighted by Crippen LogP contribution is -2.24. The van der Waals surface area contributed by atoms with Crippen molar-refractivity contribution in [3.8, 4) is 0 Å². The fraction of sp³-hybridized carbons (Fsp3) is 0.500. The van der Waals surface area contributed by atoms with Crippen LogP contribution in [-0.4, -0.2) is 19.1 Å². The van der Waals surface area contributed by atoms with Crippen LogP contribution in [0.2, 0.25) is 0 Å². The summed E-state index contributed by atoms with van der Waals surface area (Å²) >= 11 is 0. The molecule has 0 saturated carbocycles. The molecule has 4 heteroatoms. The van der Waals surface area contributed by atoms with Gasteiger partial charge >= 0.3 is 0 Å². The van der Waals surface area contributed by atoms with E-state index in [1.165, 1.54) is 0 Å². The predicted molar refractivity (Wildman–Crippen MR) is 71.9 cm³/mol. The molecule has 4 nitrogen and oxygen atoms in total. The Morgan fingerprint density at radius 1 is 1.28 bits per heavy atom. The van der Waals surface area contributed by atoms with E-state index in [-0.39, 0.29) is 5.91 Å². The van der Waals surface area contributed by atoms with Gasteiger partial charge in [0.2, 0.25) is 5.91 Å². The van der Waals surface area contributed by atoms with Crippen molar-refractivity contribution >= 4 is 5.91 Å². The summed E-state index contributed by atoms with van der Waals surface area (Å²) in [6.45, 7) is 4.26. The van der Waals surface area contributed by atoms with Crippen molar-refractivity contribution in [3.05, 3.63) is 35.4 Å². The minimum absolute atomic E-state index is 0.0120. The van der Waals surface area contributed by atoms with Gasteiger partial charge in [-0.15, -0.1) is 0 Å². The third-order valence-electron chi connectivity index (χ3n) is 2.64. The molecule has 0 heterocycles. The van der Waals surface area contributed by atoms with Gasteiger partial charge in [-0.1, -0.05) is 31.2 Å². The second kappa shape index (κ2) is 8.66. The monoisotopic (exact) mass is 250 g/mol. The van der Waals surface area contributed by atoms with E-state index >= 15 is 0 Å². The lowest BCUT2D eigenvalue weighted by Gasteiger charge is -2.09. The van der Waals surface area contributed by atoms with Gasteiger partial charge in [-0.05, 0) is 17.5 Å². The molecule has 1 aromatic carbocycles. The van der Waals surface area contributed by atoms with Gasteiger partial charge in [-0.2, -0.15) is 0 Å². The predicted octanol–water partition coefficient (Wildman–Crippen LogP) is 1.58. The molecule has 0 radical (unpaired) electrons. The average Bonchev–Trinajstić information content (AvgIpc) is 2.41. The minimum Gasteiger partial charge on any atom is -0.381 e. The van der Waals surface area contributed by atoms with Gasteiger partial charge in [0.1, 0.15) is 0 Å². The summed E-state index contributed by atoms with van der Waals surface area (Å²) < 4.78 is 5.27. The van der Waals surface area contributed by atoms with E-state index in [1.807, 2.05) is 31.2 Å². The van der Waals surface area contributed by atoms with Gasteiger partial charge in [0.15, 0.2) is 0 Å². The van der Waals surface area contributed by atoms with Crippen molar-refractivity contribution in [2.24, 2.45) is 5.73 Å². The van der Waals surface area contributed by atoms with E-state index in [1.54, 1.807) is 0 Å². The highest BCUT2D eigenvalue weighted by molar-refractivity contribution is 5.75. The van der Waals surface area contributed by atoms with E-state index in [4.69, 9.17) is 10.5 Å². The summed E-state index contributed by atoms with van der Waals surface area (Å²) in [7, 11) is 0. The van der Waals surface area contributed by atoms with E-state index in [0.29, 0.717) is 32.7 Å². The van der Waals surface area contributed by atoms with Crippen molar-refractivity contribution in [2.75, 3.05) is 13.2 Å². The molecular weight excluding hydrogens is 228 g/mol. The molecular formula is C14H22N2O2. The lowest BCUT2D eigenvalue weighted by atomic mass is 10.1. The first kappa shape index (κ1) is 14.7. The summed E-state index contributed by atoms with van der Waals surface area (Å²) in [6, 6.07) is 7.86. The zero-order chi connectivity index (χ0) is 13.2. The Morgan fingerprint density at radius 3 is 2.67 bits per heavy atom. The second-order valence-electron chi connectivity index (χ2n) is 4.11. The molecule has 0 bridgehead atoms. The fourth-order valence-corrected chi connectivity index (χ4v) is 1.62. The van der Waals surface area contributed by atoms with Crippen LogP contribution in [0.25, 0.3) is 0 Å². The first-order valence-corrected chi connectivity index (χ1v) is 6.39. The molecule has 3 N–H and O–H groups in total. The van der Waals surface area contributed by atoms with E-state index in [9.17, 15) is 4.79 Å². The highest BCUT2D eigenvalue weighted by atomic mass is 16.5. The SMILES string of the molecule is CCCOCCC(=O)NCc1ccccc1CN. The second-order valence-corrected chi connectivity index (χ2v) is 4.11. The molecule has 0 saturated heterocycles. The van der Waals surface area contributed by atoms with Crippen LogP contribution in [0.15, 0.2) is 24.3 Å². The van der Waals surface area contributed by atoms with Crippen molar-refractivity contribution in [2.45, 2.75) is 32.9 Å². The molecule has 1 amide bonds. The van der Waals surface area contributed by atoms with Crippen molar-refractivity contribution in [3.63, 3.8) is 0 Å². The number of carbonyl (C=O) groups excluding carboxylic acids is 1. The van der Waals surface area contributed by atoms with Crippen molar-refractivity contribution < 1.29 is 9.53 Å². The Morgan fingerprint density at radius 2 is 2.00 bits per heavy atom. The number of hydrogen-bond acceptors (Lipinski definition) is 3. The summed E-state index contributed by atoms with van der Waals surface area (Å²) in [5.74, 6) is 0.0120. The minimum atomic E-state index is 0.0120. The lowest BCUT2D eigenvalue weighted by molar-refractivity contribution is -0.122. The number of carbonyl (C=O) groups is 1. The molecule has 0 aliphatic heterocycles. The topological polar surface area (TPSA) is 64.3 Å². The maximum Gasteiger partial charge on any atom is 0.222 e. The molecule has 0 aliphatic rings. The Bertz CT molecular complexity index is 367. The maximum atomic E-state index is 11.6. The third-order valence-corrected chi connectivity index (χ3v) is 2.64. The number of nitrogens with two attached hydrogens (primary N) is 1. The third kappa shape index (κ3) is 5.29. The summed E-state index contributed by atoms with van der Waals surface area (Å²) in [6.07, 6.45) is 1.39. The van der Waals surface area contributed by atoms with E-state index < -0.39 is 0 Å². The normalized spacial score (nSPS) is 10.3. The quantitative estimate of drug-likeness (QED) is 0.688. The zero-order valence-electron chi connectivity index (χ0n) is 10.9. The number of hydrogen-bond donors (Lipinski definition) is 2. The standard InChI is InChI=1S/C14H22N2O2/c1-2-8-18-9-7-14(17)16-11-13-6-4-3-5-12(13)10-15/h3-6H,2,7-11,15H2,1H3,(H,16,17). The molecule has 1 rings (SSSR count). The van der Waals surface area contributed by atoms with E-state index in [0.717, 1.165) is 17.5 Å². The van der Waals surface area contributed by atoms with Gasteiger partial charge < -0.3 is 15.8 Å². The van der Waals surface area contributed by atoms with E-state index in [2.05, 4.69) is 5.32 Å². The molecule has 100 valence electrons. The van der Waals surface area contributed by atoms with Crippen LogP contribution in [0, 0.1) is 0 Å². The molecule has 0 atom stereocenters. The summed E-state index contributed by atoms with van der Waals surface area (Å²) in [5, 5.41) is 2.88. The molecule has 0 spiro atoms. The van der Waals surface area contributed by atoms with Gasteiger partial charge in [0.25, 0.3) is 0 Å². The van der Waals surface area contributed by atoms with Crippen LogP contribution in [0.5, 0.6) is 0 Å². The number of ether oxygens (including phenoxy) is 1. The average molecular weight is 250 g/mol. The number of nitrogens with one attached hydrogen (secondary N) is 1. The Kier molecular flexibility index (Phi) is 7.06. The Hall–Kier alpha value is -1.39. The van der Waals surface area contributed by atoms with Gasteiger partial charge in [-0.25, -0.2) is 0 Å². The van der Waals surface area contributed by atoms with Gasteiger partial charge in [0, 0.05) is 26.1 Å². The number of benzene rings is 1. The first-order valence-electron chi connectivity index (χ1n) is 6.39. The molecule has 1 aromatic rings. The number of rotatable bonds is 8. The van der Waals surface area contributed by atoms with Crippen LogP contribution in [0.1, 0.15) is 30.9 Å². The highest BCUT2D eigenvalue weighted by Crippen LogP contribution is 2.07. The van der Waals surface area contributed by atoms with Crippen molar-refractivity contribution in [1.82, 2.24) is 5.32 Å². The number of amides is 1. The maximum absolute atomic E-state index is 11.6. The first-order chi connectivity index (χ1) is 8.77. The Balaban J connectivity index is 2.29. The summed E-state index contributed by atoms with van der Waals surface area (Å²) in [5.41, 5.74) is 7.78. The zero-order valence-corrected chi connectivity index (χ0v) is 10.9. The Labute approximate surface area is 109 Å². The molecule has 0 fully saturated rings. The molecule has 0 aliphatic carbocycles. The fourth-order valence-electron chi connectivity index (χ4n) is 1.62. The smallest absolute Gasteiger partial charge is 0.222 e. The molecule has 0 aromatic heterocycles. The van der Waals surface area contributed by atoms with Crippen LogP contribution < -0.4 is 11.1 Å². The summed E-state index contributed by atoms with van der Waals surface area (Å²) in [4.78, 5) is 11.6. The van der Waals surface area contributed by atoms with Crippen LogP contribution >= 0.6 is 0 Å². The van der Waals surface area contributed by atoms with Crippen molar-refractivity contribution in [1.29, 1.82) is 0 Å². The van der Waals surface area contributed by atoms with Crippen LogP contribution in [0.3, 0.4) is 0 Å². The molecule has 18 heavy (non-hydrogen) atoms. The molecule has 0 unspecified atom stereocenters. The highest BCUT2D eigenvalue weighted by Gasteiger charge is 2.03. The van der Waals surface area contributed by atoms with Gasteiger partial charge in [0.05, 0.1) is 6.61 Å². The van der Waals surface area contributed by atoms with Crippen LogP contribution in [-0.2, 0) is 22.6 Å². The van der Waals surface area contributed by atoms with Gasteiger partial charge in [-0.3, -0.25) is 4.79 Å². The largest absolute Gasteiger partial charge is 0.381 e.